The van der Waals surface area contributed by atoms with Crippen LogP contribution in [0.2, 0.25) is 0 Å². The van der Waals surface area contributed by atoms with Crippen LogP contribution >= 0.6 is 0 Å². The van der Waals surface area contributed by atoms with Crippen molar-refractivity contribution >= 4 is 11.6 Å². The maximum atomic E-state index is 12.5. The van der Waals surface area contributed by atoms with E-state index in [4.69, 9.17) is 9.47 Å². The maximum Gasteiger partial charge on any atom is 0.258 e. The van der Waals surface area contributed by atoms with Gasteiger partial charge in [-0.15, -0.1) is 0 Å². The highest BCUT2D eigenvalue weighted by molar-refractivity contribution is 6.03. The van der Waals surface area contributed by atoms with E-state index in [2.05, 4.69) is 10.4 Å². The summed E-state index contributed by atoms with van der Waals surface area (Å²) in [6.07, 6.45) is 3.30. The van der Waals surface area contributed by atoms with Crippen molar-refractivity contribution in [2.24, 2.45) is 0 Å². The van der Waals surface area contributed by atoms with Crippen molar-refractivity contribution in [2.75, 3.05) is 12.4 Å². The number of amides is 1. The number of carbonyl (C=O) groups is 1. The molecule has 6 nitrogen and oxygen atoms in total. The van der Waals surface area contributed by atoms with E-state index in [1.165, 1.54) is 0 Å². The summed E-state index contributed by atoms with van der Waals surface area (Å²) in [6, 6.07) is 24.6. The van der Waals surface area contributed by atoms with Gasteiger partial charge >= 0.3 is 0 Å². The first-order chi connectivity index (χ1) is 14.7. The van der Waals surface area contributed by atoms with Gasteiger partial charge < -0.3 is 14.8 Å². The lowest BCUT2D eigenvalue weighted by molar-refractivity contribution is 0.102. The van der Waals surface area contributed by atoms with Gasteiger partial charge in [-0.25, -0.2) is 0 Å². The van der Waals surface area contributed by atoms with Crippen molar-refractivity contribution in [2.45, 2.75) is 6.54 Å². The molecule has 1 amide bonds. The summed E-state index contributed by atoms with van der Waals surface area (Å²) in [5, 5.41) is 7.15. The molecule has 1 heterocycles. The number of hydrogen-bond acceptors (Lipinski definition) is 4. The molecule has 4 rings (SSSR count). The zero-order valence-corrected chi connectivity index (χ0v) is 16.5. The third kappa shape index (κ3) is 4.67. The molecule has 0 aliphatic rings. The summed E-state index contributed by atoms with van der Waals surface area (Å²) in [5.41, 5.74) is 2.29. The van der Waals surface area contributed by atoms with Crippen LogP contribution in [0.25, 0.3) is 0 Å². The molecule has 0 radical (unpaired) electrons. The van der Waals surface area contributed by atoms with Gasteiger partial charge in [0.15, 0.2) is 11.5 Å². The third-order valence-electron chi connectivity index (χ3n) is 4.49. The second-order valence-electron chi connectivity index (χ2n) is 6.64. The van der Waals surface area contributed by atoms with E-state index < -0.39 is 0 Å². The third-order valence-corrected chi connectivity index (χ3v) is 4.49. The summed E-state index contributed by atoms with van der Waals surface area (Å²) < 4.78 is 12.9. The normalized spacial score (nSPS) is 10.4. The van der Waals surface area contributed by atoms with Gasteiger partial charge in [0.2, 0.25) is 0 Å². The lowest BCUT2D eigenvalue weighted by atomic mass is 10.2. The fourth-order valence-electron chi connectivity index (χ4n) is 2.98. The zero-order valence-electron chi connectivity index (χ0n) is 16.5. The van der Waals surface area contributed by atoms with Gasteiger partial charge in [-0.05, 0) is 42.0 Å². The smallest absolute Gasteiger partial charge is 0.258 e. The molecule has 6 heteroatoms. The Hall–Kier alpha value is -4.06. The van der Waals surface area contributed by atoms with Gasteiger partial charge in [0.1, 0.15) is 5.75 Å². The van der Waals surface area contributed by atoms with Crippen molar-refractivity contribution in [1.29, 1.82) is 0 Å². The van der Waals surface area contributed by atoms with Crippen LogP contribution in [0.5, 0.6) is 17.2 Å². The Morgan fingerprint density at radius 2 is 1.63 bits per heavy atom. The molecule has 0 unspecified atom stereocenters. The van der Waals surface area contributed by atoms with E-state index in [-0.39, 0.29) is 5.91 Å². The highest BCUT2D eigenvalue weighted by Gasteiger charge is 2.10. The largest absolute Gasteiger partial charge is 0.493 e. The van der Waals surface area contributed by atoms with Gasteiger partial charge in [-0.1, -0.05) is 42.5 Å². The molecule has 1 N–H and O–H groups in total. The average Bonchev–Trinajstić information content (AvgIpc) is 3.25. The van der Waals surface area contributed by atoms with Gasteiger partial charge in [-0.3, -0.25) is 9.48 Å². The molecule has 1 aromatic heterocycles. The van der Waals surface area contributed by atoms with Gasteiger partial charge in [0.25, 0.3) is 5.91 Å². The number of aromatic nitrogens is 2. The fraction of sp³-hybridized carbons (Fsp3) is 0.0833. The monoisotopic (exact) mass is 399 g/mol. The highest BCUT2D eigenvalue weighted by atomic mass is 16.5. The van der Waals surface area contributed by atoms with E-state index in [1.54, 1.807) is 48.5 Å². The predicted molar refractivity (Wildman–Crippen MR) is 115 cm³/mol. The Morgan fingerprint density at radius 3 is 2.37 bits per heavy atom. The quantitative estimate of drug-likeness (QED) is 0.476. The number of nitrogens with one attached hydrogen (secondary N) is 1. The predicted octanol–water partition coefficient (Wildman–Crippen LogP) is 4.98. The lowest BCUT2D eigenvalue weighted by Crippen LogP contribution is -2.11. The van der Waals surface area contributed by atoms with Gasteiger partial charge in [0, 0.05) is 11.9 Å². The molecule has 30 heavy (non-hydrogen) atoms. The Kier molecular flexibility index (Phi) is 5.75. The van der Waals surface area contributed by atoms with Crippen LogP contribution in [0.1, 0.15) is 15.9 Å². The van der Waals surface area contributed by atoms with Crippen LogP contribution in [0.4, 0.5) is 5.69 Å². The van der Waals surface area contributed by atoms with Crippen molar-refractivity contribution in [3.05, 3.63) is 102 Å². The van der Waals surface area contributed by atoms with Crippen LogP contribution in [0, 0.1) is 0 Å². The Labute approximate surface area is 174 Å². The second kappa shape index (κ2) is 8.96. The Morgan fingerprint density at radius 1 is 0.933 bits per heavy atom. The summed E-state index contributed by atoms with van der Waals surface area (Å²) in [5.74, 6) is 1.71. The van der Waals surface area contributed by atoms with E-state index in [0.717, 1.165) is 5.56 Å². The van der Waals surface area contributed by atoms with Crippen LogP contribution in [-0.4, -0.2) is 22.8 Å². The molecule has 0 spiro atoms. The van der Waals surface area contributed by atoms with E-state index in [9.17, 15) is 4.79 Å². The van der Waals surface area contributed by atoms with E-state index in [0.29, 0.717) is 35.0 Å². The van der Waals surface area contributed by atoms with Crippen molar-refractivity contribution in [1.82, 2.24) is 9.78 Å². The topological polar surface area (TPSA) is 65.4 Å². The number of ether oxygens (including phenoxy) is 2. The van der Waals surface area contributed by atoms with E-state index >= 15 is 0 Å². The van der Waals surface area contributed by atoms with Gasteiger partial charge in [0.05, 0.1) is 25.4 Å². The number of hydrogen-bond donors (Lipinski definition) is 1. The van der Waals surface area contributed by atoms with E-state index in [1.807, 2.05) is 54.6 Å². The molecule has 0 saturated carbocycles. The van der Waals surface area contributed by atoms with Crippen LogP contribution in [0.15, 0.2) is 91.3 Å². The van der Waals surface area contributed by atoms with Crippen molar-refractivity contribution < 1.29 is 14.3 Å². The van der Waals surface area contributed by atoms with Crippen molar-refractivity contribution in [3.63, 3.8) is 0 Å². The lowest BCUT2D eigenvalue weighted by Gasteiger charge is -2.10. The first-order valence-corrected chi connectivity index (χ1v) is 9.50. The molecule has 3 aromatic carbocycles. The van der Waals surface area contributed by atoms with Crippen LogP contribution in [0.3, 0.4) is 0 Å². The fourth-order valence-corrected chi connectivity index (χ4v) is 2.98. The SMILES string of the molecule is COc1ccccc1Oc1ccc(NC(=O)c2cnn(Cc3ccccc3)c2)cc1. The minimum absolute atomic E-state index is 0.215. The summed E-state index contributed by atoms with van der Waals surface area (Å²) in [6.45, 7) is 0.614. The molecular formula is C24H21N3O3. The Balaban J connectivity index is 1.38. The molecule has 150 valence electrons. The number of rotatable bonds is 7. The minimum Gasteiger partial charge on any atom is -0.493 e. The van der Waals surface area contributed by atoms with Crippen LogP contribution in [-0.2, 0) is 6.54 Å². The number of methoxy groups -OCH3 is 1. The highest BCUT2D eigenvalue weighted by Crippen LogP contribution is 2.31. The van der Waals surface area contributed by atoms with Crippen LogP contribution < -0.4 is 14.8 Å². The maximum absolute atomic E-state index is 12.5. The molecular weight excluding hydrogens is 378 g/mol. The molecule has 0 aliphatic heterocycles. The number of para-hydroxylation sites is 2. The second-order valence-corrected chi connectivity index (χ2v) is 6.64. The van der Waals surface area contributed by atoms with Gasteiger partial charge in [-0.2, -0.15) is 5.10 Å². The molecule has 0 fully saturated rings. The number of anilines is 1. The number of carbonyl (C=O) groups excluding carboxylic acids is 1. The summed E-state index contributed by atoms with van der Waals surface area (Å²) in [7, 11) is 1.60. The first kappa shape index (κ1) is 19.3. The minimum atomic E-state index is -0.215. The average molecular weight is 399 g/mol. The number of benzene rings is 3. The molecule has 0 aliphatic carbocycles. The molecule has 0 atom stereocenters. The summed E-state index contributed by atoms with van der Waals surface area (Å²) in [4.78, 5) is 12.5. The molecule has 0 saturated heterocycles. The zero-order chi connectivity index (χ0) is 20.8. The standard InChI is InChI=1S/C24H21N3O3/c1-29-22-9-5-6-10-23(22)30-21-13-11-20(12-14-21)26-24(28)19-15-25-27(17-19)16-18-7-3-2-4-8-18/h2-15,17H,16H2,1H3,(H,26,28). The molecule has 0 bridgehead atoms. The summed E-state index contributed by atoms with van der Waals surface area (Å²) >= 11 is 0. The van der Waals surface area contributed by atoms with Crippen molar-refractivity contribution in [3.8, 4) is 17.2 Å². The first-order valence-electron chi connectivity index (χ1n) is 9.50. The Bertz CT molecular complexity index is 1120. The number of nitrogens with zero attached hydrogens (tertiary/aromatic N) is 2. The molecule has 4 aromatic rings.